The van der Waals surface area contributed by atoms with Crippen LogP contribution in [0.5, 0.6) is 5.75 Å². The van der Waals surface area contributed by atoms with Gasteiger partial charge in [-0.3, -0.25) is 19.2 Å². The first-order valence-corrected chi connectivity index (χ1v) is 14.5. The predicted octanol–water partition coefficient (Wildman–Crippen LogP) is 5.38. The minimum absolute atomic E-state index is 0.0397. The number of hydrogen-bond acceptors (Lipinski definition) is 6. The molecule has 2 N–H and O–H groups in total. The van der Waals surface area contributed by atoms with E-state index in [0.29, 0.717) is 38.7 Å². The smallest absolute Gasteiger partial charge is 0.323 e. The number of anilines is 1. The molecule has 0 spiro atoms. The van der Waals surface area contributed by atoms with Crippen molar-refractivity contribution in [3.63, 3.8) is 0 Å². The summed E-state index contributed by atoms with van der Waals surface area (Å²) >= 11 is 13.1. The lowest BCUT2D eigenvalue weighted by atomic mass is 10.1. The molecule has 3 aromatic carbocycles. The summed E-state index contributed by atoms with van der Waals surface area (Å²) in [4.78, 5) is 55.4. The summed E-state index contributed by atoms with van der Waals surface area (Å²) in [6, 6.07) is 19.1. The molecule has 0 radical (unpaired) electrons. The Balaban J connectivity index is 1.35. The normalized spacial score (nSPS) is 11.0. The number of carbonyl (C=O) groups is 4. The maximum absolute atomic E-state index is 12.9. The van der Waals surface area contributed by atoms with E-state index in [1.165, 1.54) is 43.3 Å². The molecule has 1 aromatic heterocycles. The Morgan fingerprint density at radius 2 is 1.71 bits per heavy atom. The first-order valence-electron chi connectivity index (χ1n) is 13.7. The molecular formula is C33H30Cl2N4O6. The Morgan fingerprint density at radius 3 is 2.42 bits per heavy atom. The molecule has 0 saturated carbocycles. The van der Waals surface area contributed by atoms with Gasteiger partial charge in [0.1, 0.15) is 24.4 Å². The van der Waals surface area contributed by atoms with Crippen molar-refractivity contribution in [3.8, 4) is 5.75 Å². The molecule has 4 rings (SSSR count). The fourth-order valence-corrected chi connectivity index (χ4v) is 4.95. The number of carbonyl (C=O) groups excluding carboxylic acids is 3. The van der Waals surface area contributed by atoms with Gasteiger partial charge in [-0.15, -0.1) is 0 Å². The van der Waals surface area contributed by atoms with E-state index in [2.05, 4.69) is 10.3 Å². The third-order valence-corrected chi connectivity index (χ3v) is 7.59. The number of aryl methyl sites for hydroxylation is 1. The molecule has 0 aliphatic carbocycles. The monoisotopic (exact) mass is 648 g/mol. The number of carboxylic acids is 1. The number of para-hydroxylation sites is 1. The lowest BCUT2D eigenvalue weighted by Crippen LogP contribution is -2.37. The summed E-state index contributed by atoms with van der Waals surface area (Å²) in [7, 11) is 2.94. The number of ether oxygens (including phenoxy) is 1. The molecular weight excluding hydrogens is 619 g/mol. The SMILES string of the molecule is Cc1ccc2cccc(OCc3c(Cl)ccc(N(C)C(=O)CNC(=O)C=Cc4ccc(C(=O)N(C)CC(=O)O)cc4)c3Cl)c2n1. The zero-order valence-electron chi connectivity index (χ0n) is 24.7. The first kappa shape index (κ1) is 33.0. The van der Waals surface area contributed by atoms with Crippen LogP contribution in [-0.4, -0.2) is 65.9 Å². The number of amides is 3. The highest BCUT2D eigenvalue weighted by molar-refractivity contribution is 6.38. The van der Waals surface area contributed by atoms with E-state index in [1.54, 1.807) is 24.3 Å². The Morgan fingerprint density at radius 1 is 0.978 bits per heavy atom. The number of likely N-dealkylation sites (N-methyl/N-ethyl adjacent to an activating group) is 2. The maximum Gasteiger partial charge on any atom is 0.323 e. The summed E-state index contributed by atoms with van der Waals surface area (Å²) in [5, 5.41) is 12.9. The molecule has 0 aliphatic heterocycles. The molecule has 0 bridgehead atoms. The van der Waals surface area contributed by atoms with Gasteiger partial charge in [0.2, 0.25) is 11.8 Å². The number of rotatable bonds is 11. The molecule has 0 fully saturated rings. The second kappa shape index (κ2) is 14.7. The molecule has 12 heteroatoms. The van der Waals surface area contributed by atoms with E-state index in [1.807, 2.05) is 37.3 Å². The van der Waals surface area contributed by atoms with Crippen LogP contribution >= 0.6 is 23.2 Å². The lowest BCUT2D eigenvalue weighted by Gasteiger charge is -2.21. The van der Waals surface area contributed by atoms with Crippen LogP contribution in [0.25, 0.3) is 17.0 Å². The molecule has 1 heterocycles. The summed E-state index contributed by atoms with van der Waals surface area (Å²) in [5.74, 6) is -1.91. The van der Waals surface area contributed by atoms with Crippen LogP contribution in [-0.2, 0) is 21.0 Å². The van der Waals surface area contributed by atoms with Crippen LogP contribution < -0.4 is 15.0 Å². The average Bonchev–Trinajstić information content (AvgIpc) is 3.01. The van der Waals surface area contributed by atoms with E-state index < -0.39 is 30.2 Å². The fraction of sp³-hybridized carbons (Fsp3) is 0.182. The minimum atomic E-state index is -1.11. The van der Waals surface area contributed by atoms with Gasteiger partial charge >= 0.3 is 5.97 Å². The van der Waals surface area contributed by atoms with Crippen molar-refractivity contribution < 1.29 is 29.0 Å². The van der Waals surface area contributed by atoms with Crippen LogP contribution in [0, 0.1) is 6.92 Å². The number of aromatic nitrogens is 1. The number of carboxylic acid groups (broad SMARTS) is 1. The topological polar surface area (TPSA) is 129 Å². The molecule has 0 saturated heterocycles. The van der Waals surface area contributed by atoms with Crippen LogP contribution in [0.1, 0.15) is 27.2 Å². The number of fused-ring (bicyclic) bond motifs is 1. The zero-order chi connectivity index (χ0) is 32.7. The summed E-state index contributed by atoms with van der Waals surface area (Å²) in [6.07, 6.45) is 2.78. The maximum atomic E-state index is 12.9. The number of hydrogen-bond donors (Lipinski definition) is 2. The first-order chi connectivity index (χ1) is 21.4. The second-order valence-corrected chi connectivity index (χ2v) is 10.9. The molecule has 0 aliphatic rings. The standard InChI is InChI=1S/C33H30Cl2N4O6/c1-20-7-11-22-5-4-6-27(32(22)37-20)45-19-24-25(34)14-15-26(31(24)35)39(3)29(41)17-36-28(40)16-10-21-8-12-23(13-9-21)33(44)38(2)18-30(42)43/h4-16H,17-19H2,1-3H3,(H,36,40)(H,42,43). The van der Waals surface area contributed by atoms with E-state index in [9.17, 15) is 19.2 Å². The van der Waals surface area contributed by atoms with Crippen molar-refractivity contribution in [1.29, 1.82) is 0 Å². The molecule has 4 aromatic rings. The minimum Gasteiger partial charge on any atom is -0.487 e. The van der Waals surface area contributed by atoms with Crippen LogP contribution in [0.15, 0.2) is 72.8 Å². The van der Waals surface area contributed by atoms with Gasteiger partial charge in [-0.05, 0) is 55.0 Å². The van der Waals surface area contributed by atoms with Crippen LogP contribution in [0.4, 0.5) is 5.69 Å². The quantitative estimate of drug-likeness (QED) is 0.209. The highest BCUT2D eigenvalue weighted by Crippen LogP contribution is 2.35. The van der Waals surface area contributed by atoms with Gasteiger partial charge in [-0.1, -0.05) is 53.5 Å². The molecule has 10 nitrogen and oxygen atoms in total. The zero-order valence-corrected chi connectivity index (χ0v) is 26.2. The van der Waals surface area contributed by atoms with Crippen molar-refractivity contribution in [1.82, 2.24) is 15.2 Å². The molecule has 3 amide bonds. The van der Waals surface area contributed by atoms with E-state index in [0.717, 1.165) is 16.0 Å². The van der Waals surface area contributed by atoms with Crippen molar-refractivity contribution >= 4 is 69.6 Å². The third-order valence-electron chi connectivity index (χ3n) is 6.81. The second-order valence-electron chi connectivity index (χ2n) is 10.1. The van der Waals surface area contributed by atoms with Gasteiger partial charge in [0.25, 0.3) is 5.91 Å². The predicted molar refractivity (Wildman–Crippen MR) is 174 cm³/mol. The number of nitrogens with one attached hydrogen (secondary N) is 1. The highest BCUT2D eigenvalue weighted by atomic mass is 35.5. The van der Waals surface area contributed by atoms with Crippen molar-refractivity contribution in [2.24, 2.45) is 0 Å². The van der Waals surface area contributed by atoms with Gasteiger partial charge in [0, 0.05) is 47.4 Å². The van der Waals surface area contributed by atoms with Crippen LogP contribution in [0.2, 0.25) is 10.0 Å². The Bertz CT molecular complexity index is 1790. The van der Waals surface area contributed by atoms with Gasteiger partial charge in [-0.25, -0.2) is 4.98 Å². The Hall–Kier alpha value is -4.93. The highest BCUT2D eigenvalue weighted by Gasteiger charge is 2.19. The van der Waals surface area contributed by atoms with Crippen molar-refractivity contribution in [3.05, 3.63) is 105 Å². The summed E-state index contributed by atoms with van der Waals surface area (Å²) in [6.45, 7) is 1.22. The number of pyridine rings is 1. The molecule has 45 heavy (non-hydrogen) atoms. The summed E-state index contributed by atoms with van der Waals surface area (Å²) in [5.41, 5.74) is 3.39. The Labute approximate surface area is 269 Å². The number of nitrogens with zero attached hydrogens (tertiary/aromatic N) is 3. The lowest BCUT2D eigenvalue weighted by molar-refractivity contribution is -0.137. The van der Waals surface area contributed by atoms with E-state index in [-0.39, 0.29) is 18.2 Å². The number of benzene rings is 3. The fourth-order valence-electron chi connectivity index (χ4n) is 4.34. The number of halogens is 2. The van der Waals surface area contributed by atoms with E-state index >= 15 is 0 Å². The third kappa shape index (κ3) is 8.37. The summed E-state index contributed by atoms with van der Waals surface area (Å²) < 4.78 is 6.06. The Kier molecular flexibility index (Phi) is 10.8. The molecule has 232 valence electrons. The van der Waals surface area contributed by atoms with Crippen molar-refractivity contribution in [2.75, 3.05) is 32.1 Å². The molecule has 0 unspecified atom stereocenters. The van der Waals surface area contributed by atoms with Gasteiger partial charge in [-0.2, -0.15) is 0 Å². The van der Waals surface area contributed by atoms with E-state index in [4.69, 9.17) is 33.0 Å². The largest absolute Gasteiger partial charge is 0.487 e. The van der Waals surface area contributed by atoms with Gasteiger partial charge < -0.3 is 25.0 Å². The van der Waals surface area contributed by atoms with Crippen LogP contribution in [0.3, 0.4) is 0 Å². The van der Waals surface area contributed by atoms with Crippen molar-refractivity contribution in [2.45, 2.75) is 13.5 Å². The average molecular weight is 650 g/mol. The number of aliphatic carboxylic acids is 1. The van der Waals surface area contributed by atoms with Gasteiger partial charge in [0.15, 0.2) is 0 Å². The van der Waals surface area contributed by atoms with Gasteiger partial charge in [0.05, 0.1) is 17.3 Å². The molecule has 0 atom stereocenters.